The van der Waals surface area contributed by atoms with E-state index in [0.717, 1.165) is 22.3 Å². The second-order valence-electron chi connectivity index (χ2n) is 4.60. The topological polar surface area (TPSA) is 70.7 Å². The Balaban J connectivity index is 1.63. The molecule has 6 heteroatoms. The molecule has 3 rings (SSSR count). The van der Waals surface area contributed by atoms with E-state index in [2.05, 4.69) is 20.5 Å². The van der Waals surface area contributed by atoms with E-state index in [4.69, 9.17) is 0 Å². The first-order valence-corrected chi connectivity index (χ1v) is 7.50. The number of nitrogens with zero attached hydrogens (tertiary/aromatic N) is 2. The Morgan fingerprint density at radius 1 is 1.24 bits per heavy atom. The molecule has 5 nitrogen and oxygen atoms in total. The lowest BCUT2D eigenvalue weighted by Crippen LogP contribution is -2.14. The summed E-state index contributed by atoms with van der Waals surface area (Å²) in [4.78, 5) is 16.1. The van der Waals surface area contributed by atoms with Gasteiger partial charge in [-0.1, -0.05) is 42.1 Å². The summed E-state index contributed by atoms with van der Waals surface area (Å²) in [6, 6.07) is 13.9. The fourth-order valence-electron chi connectivity index (χ4n) is 1.98. The van der Waals surface area contributed by atoms with Crippen molar-refractivity contribution in [2.75, 3.05) is 11.1 Å². The fraction of sp³-hybridized carbons (Fsp3) is 0.133. The molecule has 0 spiro atoms. The first-order chi connectivity index (χ1) is 10.2. The normalized spacial score (nSPS) is 10.7. The number of hydrogen-bond donors (Lipinski definition) is 2. The molecule has 0 bridgehead atoms. The largest absolute Gasteiger partial charge is 0.325 e. The van der Waals surface area contributed by atoms with Gasteiger partial charge in [0.15, 0.2) is 0 Å². The summed E-state index contributed by atoms with van der Waals surface area (Å²) in [6.45, 7) is 1.83. The molecule has 0 radical (unpaired) electrons. The van der Waals surface area contributed by atoms with E-state index in [9.17, 15) is 4.79 Å². The third kappa shape index (κ3) is 3.41. The van der Waals surface area contributed by atoms with Crippen LogP contribution in [0.3, 0.4) is 0 Å². The molecule has 0 atom stereocenters. The van der Waals surface area contributed by atoms with Crippen molar-refractivity contribution in [3.05, 3.63) is 48.3 Å². The minimum Gasteiger partial charge on any atom is -0.325 e. The number of rotatable bonds is 4. The molecule has 0 aliphatic heterocycles. The molecule has 2 aromatic carbocycles. The van der Waals surface area contributed by atoms with Gasteiger partial charge in [-0.2, -0.15) is 0 Å². The molecule has 2 N–H and O–H groups in total. The number of aromatic amines is 1. The SMILES string of the molecule is Cc1nc(SCC(=O)Nc2ccc3ccccc3c2)n[nH]1. The number of hydrogen-bond acceptors (Lipinski definition) is 4. The highest BCUT2D eigenvalue weighted by Crippen LogP contribution is 2.19. The summed E-state index contributed by atoms with van der Waals surface area (Å²) >= 11 is 1.31. The Hall–Kier alpha value is -2.34. The van der Waals surface area contributed by atoms with Gasteiger partial charge >= 0.3 is 0 Å². The number of aryl methyl sites for hydroxylation is 1. The van der Waals surface area contributed by atoms with Crippen molar-refractivity contribution in [3.8, 4) is 0 Å². The number of benzene rings is 2. The molecule has 3 aromatic rings. The number of thioether (sulfide) groups is 1. The Morgan fingerprint density at radius 2 is 2.05 bits per heavy atom. The maximum Gasteiger partial charge on any atom is 0.234 e. The molecular weight excluding hydrogens is 284 g/mol. The molecule has 21 heavy (non-hydrogen) atoms. The first kappa shape index (κ1) is 13.6. The predicted molar refractivity (Wildman–Crippen MR) is 84.4 cm³/mol. The van der Waals surface area contributed by atoms with Crippen molar-refractivity contribution in [3.63, 3.8) is 0 Å². The lowest BCUT2D eigenvalue weighted by molar-refractivity contribution is -0.113. The van der Waals surface area contributed by atoms with Gasteiger partial charge in [0.1, 0.15) is 5.82 Å². The van der Waals surface area contributed by atoms with Gasteiger partial charge in [0.25, 0.3) is 0 Å². The first-order valence-electron chi connectivity index (χ1n) is 6.51. The van der Waals surface area contributed by atoms with Crippen molar-refractivity contribution in [2.45, 2.75) is 12.1 Å². The fourth-order valence-corrected chi connectivity index (χ4v) is 2.63. The minimum absolute atomic E-state index is 0.0715. The third-order valence-electron chi connectivity index (χ3n) is 2.94. The van der Waals surface area contributed by atoms with Crippen LogP contribution in [0.1, 0.15) is 5.82 Å². The molecule has 0 saturated carbocycles. The maximum absolute atomic E-state index is 11.9. The van der Waals surface area contributed by atoms with Crippen LogP contribution in [0, 0.1) is 6.92 Å². The molecule has 1 heterocycles. The molecule has 106 valence electrons. The number of fused-ring (bicyclic) bond motifs is 1. The van der Waals surface area contributed by atoms with Crippen LogP contribution in [0.2, 0.25) is 0 Å². The van der Waals surface area contributed by atoms with Gasteiger partial charge in [-0.3, -0.25) is 9.89 Å². The maximum atomic E-state index is 11.9. The lowest BCUT2D eigenvalue weighted by atomic mass is 10.1. The molecule has 0 fully saturated rings. The predicted octanol–water partition coefficient (Wildman–Crippen LogP) is 3.00. The number of anilines is 1. The molecular formula is C15H14N4OS. The number of aromatic nitrogens is 3. The van der Waals surface area contributed by atoms with E-state index in [1.54, 1.807) is 0 Å². The van der Waals surface area contributed by atoms with Crippen molar-refractivity contribution < 1.29 is 4.79 Å². The van der Waals surface area contributed by atoms with Crippen molar-refractivity contribution in [1.29, 1.82) is 0 Å². The van der Waals surface area contributed by atoms with E-state index in [1.807, 2.05) is 49.4 Å². The average molecular weight is 298 g/mol. The highest BCUT2D eigenvalue weighted by atomic mass is 32.2. The Bertz CT molecular complexity index is 784. The summed E-state index contributed by atoms with van der Waals surface area (Å²) in [5.74, 6) is 0.953. The van der Waals surface area contributed by atoms with E-state index >= 15 is 0 Å². The standard InChI is InChI=1S/C15H14N4OS/c1-10-16-15(19-18-10)21-9-14(20)17-13-7-6-11-4-2-3-5-12(11)8-13/h2-8H,9H2,1H3,(H,17,20)(H,16,18,19). The third-order valence-corrected chi connectivity index (χ3v) is 3.79. The average Bonchev–Trinajstić information content (AvgIpc) is 2.91. The van der Waals surface area contributed by atoms with Gasteiger partial charge < -0.3 is 5.32 Å². The second-order valence-corrected chi connectivity index (χ2v) is 5.54. The van der Waals surface area contributed by atoms with Crippen LogP contribution < -0.4 is 5.32 Å². The summed E-state index contributed by atoms with van der Waals surface area (Å²) in [5.41, 5.74) is 0.797. The van der Waals surface area contributed by atoms with E-state index < -0.39 is 0 Å². The summed E-state index contributed by atoms with van der Waals surface area (Å²) < 4.78 is 0. The zero-order valence-corrected chi connectivity index (χ0v) is 12.3. The summed E-state index contributed by atoms with van der Waals surface area (Å²) in [6.07, 6.45) is 0. The van der Waals surface area contributed by atoms with Crippen LogP contribution in [0.15, 0.2) is 47.6 Å². The summed E-state index contributed by atoms with van der Waals surface area (Å²) in [5, 5.41) is 12.5. The Labute approximate surface area is 126 Å². The van der Waals surface area contributed by atoms with Crippen LogP contribution in [0.25, 0.3) is 10.8 Å². The van der Waals surface area contributed by atoms with E-state index in [1.165, 1.54) is 11.8 Å². The number of H-pyrrole nitrogens is 1. The van der Waals surface area contributed by atoms with Crippen molar-refractivity contribution >= 4 is 34.1 Å². The van der Waals surface area contributed by atoms with Crippen LogP contribution >= 0.6 is 11.8 Å². The highest BCUT2D eigenvalue weighted by molar-refractivity contribution is 7.99. The smallest absolute Gasteiger partial charge is 0.234 e. The van der Waals surface area contributed by atoms with Crippen LogP contribution in [0.4, 0.5) is 5.69 Å². The monoisotopic (exact) mass is 298 g/mol. The van der Waals surface area contributed by atoms with Crippen molar-refractivity contribution in [1.82, 2.24) is 15.2 Å². The van der Waals surface area contributed by atoms with Gasteiger partial charge in [0.05, 0.1) is 5.75 Å². The lowest BCUT2D eigenvalue weighted by Gasteiger charge is -2.05. The molecule has 1 amide bonds. The van der Waals surface area contributed by atoms with Crippen LogP contribution in [-0.2, 0) is 4.79 Å². The molecule has 0 unspecified atom stereocenters. The van der Waals surface area contributed by atoms with E-state index in [0.29, 0.717) is 5.16 Å². The molecule has 0 saturated heterocycles. The molecule has 1 aromatic heterocycles. The van der Waals surface area contributed by atoms with Gasteiger partial charge in [-0.15, -0.1) is 5.10 Å². The Kier molecular flexibility index (Phi) is 3.87. The quantitative estimate of drug-likeness (QED) is 0.726. The number of carbonyl (C=O) groups is 1. The van der Waals surface area contributed by atoms with Crippen LogP contribution in [-0.4, -0.2) is 26.8 Å². The molecule has 0 aliphatic carbocycles. The van der Waals surface area contributed by atoms with Gasteiger partial charge in [-0.05, 0) is 29.8 Å². The van der Waals surface area contributed by atoms with Gasteiger partial charge in [0.2, 0.25) is 11.1 Å². The second kappa shape index (κ2) is 5.97. The number of amides is 1. The zero-order chi connectivity index (χ0) is 14.7. The van der Waals surface area contributed by atoms with Gasteiger partial charge in [-0.25, -0.2) is 4.98 Å². The van der Waals surface area contributed by atoms with Crippen LogP contribution in [0.5, 0.6) is 0 Å². The van der Waals surface area contributed by atoms with Gasteiger partial charge in [0, 0.05) is 5.69 Å². The van der Waals surface area contributed by atoms with E-state index in [-0.39, 0.29) is 11.7 Å². The zero-order valence-electron chi connectivity index (χ0n) is 11.5. The summed E-state index contributed by atoms with van der Waals surface area (Å²) in [7, 11) is 0. The van der Waals surface area contributed by atoms with Crippen molar-refractivity contribution in [2.24, 2.45) is 0 Å². The molecule has 0 aliphatic rings. The minimum atomic E-state index is -0.0715. The Morgan fingerprint density at radius 3 is 2.81 bits per heavy atom. The number of nitrogens with one attached hydrogen (secondary N) is 2. The number of carbonyl (C=O) groups excluding carboxylic acids is 1. The highest BCUT2D eigenvalue weighted by Gasteiger charge is 2.07.